The number of hydrogen-bond donors (Lipinski definition) is 0. The molecule has 12 rings (SSSR count). The maximum Gasteiger partial charge on any atom is 0.0544 e. The van der Waals surface area contributed by atoms with Gasteiger partial charge in [-0.2, -0.15) is 0 Å². The zero-order chi connectivity index (χ0) is 37.5. The molecule has 0 saturated carbocycles. The summed E-state index contributed by atoms with van der Waals surface area (Å²) in [5, 5.41) is 5.06. The average Bonchev–Trinajstić information content (AvgIpc) is 3.93. The molecule has 9 aromatic carbocycles. The minimum absolute atomic E-state index is 0.964. The van der Waals surface area contributed by atoms with Gasteiger partial charge in [0.2, 0.25) is 0 Å². The Labute approximate surface area is 331 Å². The normalized spacial score (nSPS) is 12.1. The van der Waals surface area contributed by atoms with Gasteiger partial charge in [0.15, 0.2) is 0 Å². The van der Waals surface area contributed by atoms with Gasteiger partial charge in [0, 0.05) is 32.9 Å². The van der Waals surface area contributed by atoms with Gasteiger partial charge in [-0.1, -0.05) is 140 Å². The van der Waals surface area contributed by atoms with Crippen LogP contribution < -0.4 is 0 Å². The molecular weight excluding hydrogens is 689 g/mol. The molecular formula is C55H36N2. The molecule has 0 saturated heterocycles. The van der Waals surface area contributed by atoms with Gasteiger partial charge in [0.05, 0.1) is 22.1 Å². The van der Waals surface area contributed by atoms with Crippen LogP contribution in [0, 0.1) is 0 Å². The highest BCUT2D eigenvalue weighted by atomic mass is 15.0. The SMILES string of the molecule is c1ccc(-c2ccc(-n3c4ccc(-c5ccc6c(c5)c5ccccc5n6-c5cccc(-c6ccccc6)c5)cc4c4cc5c(cc43)Cc3ccccc3-5)cc2)cc1. The van der Waals surface area contributed by atoms with Crippen LogP contribution in [0.1, 0.15) is 11.1 Å². The lowest BCUT2D eigenvalue weighted by molar-refractivity contribution is 1.17. The first-order valence-electron chi connectivity index (χ1n) is 19.8. The summed E-state index contributed by atoms with van der Waals surface area (Å²) >= 11 is 0. The molecule has 0 fully saturated rings. The largest absolute Gasteiger partial charge is 0.309 e. The van der Waals surface area contributed by atoms with Crippen molar-refractivity contribution in [2.24, 2.45) is 0 Å². The van der Waals surface area contributed by atoms with E-state index in [2.05, 4.69) is 215 Å². The lowest BCUT2D eigenvalue weighted by atomic mass is 9.99. The molecule has 0 bridgehead atoms. The molecule has 57 heavy (non-hydrogen) atoms. The zero-order valence-corrected chi connectivity index (χ0v) is 31.2. The highest BCUT2D eigenvalue weighted by molar-refractivity contribution is 6.14. The fraction of sp³-hybridized carbons (Fsp3) is 0.0182. The molecule has 266 valence electrons. The zero-order valence-electron chi connectivity index (χ0n) is 31.2. The first-order chi connectivity index (χ1) is 28.2. The predicted octanol–water partition coefficient (Wildman–Crippen LogP) is 14.5. The molecule has 1 aliphatic carbocycles. The molecule has 11 aromatic rings. The van der Waals surface area contributed by atoms with E-state index in [1.54, 1.807) is 0 Å². The lowest BCUT2D eigenvalue weighted by Gasteiger charge is -2.11. The third kappa shape index (κ3) is 5.04. The van der Waals surface area contributed by atoms with E-state index in [4.69, 9.17) is 0 Å². The summed E-state index contributed by atoms with van der Waals surface area (Å²) in [5.41, 5.74) is 20.0. The Kier molecular flexibility index (Phi) is 7.02. The molecule has 1 aliphatic rings. The highest BCUT2D eigenvalue weighted by Crippen LogP contribution is 2.44. The highest BCUT2D eigenvalue weighted by Gasteiger charge is 2.23. The summed E-state index contributed by atoms with van der Waals surface area (Å²) < 4.78 is 4.88. The van der Waals surface area contributed by atoms with Gasteiger partial charge in [-0.25, -0.2) is 0 Å². The topological polar surface area (TPSA) is 9.86 Å². The summed E-state index contributed by atoms with van der Waals surface area (Å²) in [7, 11) is 0. The average molecular weight is 725 g/mol. The fourth-order valence-corrected chi connectivity index (χ4v) is 9.43. The molecule has 0 aliphatic heterocycles. The minimum Gasteiger partial charge on any atom is -0.309 e. The molecule has 0 N–H and O–H groups in total. The van der Waals surface area contributed by atoms with Gasteiger partial charge in [-0.3, -0.25) is 0 Å². The number of benzene rings is 9. The van der Waals surface area contributed by atoms with Gasteiger partial charge >= 0.3 is 0 Å². The first-order valence-corrected chi connectivity index (χ1v) is 19.8. The van der Waals surface area contributed by atoms with E-state index in [0.29, 0.717) is 0 Å². The standard InChI is InChI=1S/C55H36N2/c1-3-12-36(13-4-1)38-22-26-44(27-23-38)56-54-29-25-41(33-50(54)51-35-48-43(34-55(51)56)30-42-16-7-8-19-46(42)48)40-24-28-53-49(32-40)47-20-9-10-21-52(47)57(53)45-18-11-17-39(31-45)37-14-5-2-6-15-37/h1-29,31-35H,30H2. The van der Waals surface area contributed by atoms with Crippen LogP contribution >= 0.6 is 0 Å². The van der Waals surface area contributed by atoms with Crippen LogP contribution in [0.3, 0.4) is 0 Å². The van der Waals surface area contributed by atoms with Crippen LogP contribution in [0.4, 0.5) is 0 Å². The van der Waals surface area contributed by atoms with Gasteiger partial charge in [0.25, 0.3) is 0 Å². The molecule has 2 aromatic heterocycles. The predicted molar refractivity (Wildman–Crippen MR) is 240 cm³/mol. The summed E-state index contributed by atoms with van der Waals surface area (Å²) in [6, 6.07) is 75.9. The van der Waals surface area contributed by atoms with Crippen molar-refractivity contribution in [3.63, 3.8) is 0 Å². The van der Waals surface area contributed by atoms with Crippen LogP contribution in [-0.2, 0) is 6.42 Å². The van der Waals surface area contributed by atoms with E-state index in [1.807, 2.05) is 0 Å². The van der Waals surface area contributed by atoms with Crippen molar-refractivity contribution < 1.29 is 0 Å². The van der Waals surface area contributed by atoms with Crippen molar-refractivity contribution in [2.45, 2.75) is 6.42 Å². The van der Waals surface area contributed by atoms with Gasteiger partial charge in [-0.05, 0) is 129 Å². The Bertz CT molecular complexity index is 3350. The number of hydrogen-bond acceptors (Lipinski definition) is 0. The van der Waals surface area contributed by atoms with Crippen molar-refractivity contribution in [1.82, 2.24) is 9.13 Å². The third-order valence-corrected chi connectivity index (χ3v) is 12.1. The number of aromatic nitrogens is 2. The first kappa shape index (κ1) is 31.9. The van der Waals surface area contributed by atoms with Crippen LogP contribution in [0.15, 0.2) is 206 Å². The second-order valence-corrected chi connectivity index (χ2v) is 15.3. The van der Waals surface area contributed by atoms with E-state index in [0.717, 1.165) is 12.1 Å². The van der Waals surface area contributed by atoms with Crippen molar-refractivity contribution in [3.05, 3.63) is 217 Å². The molecule has 0 radical (unpaired) electrons. The maximum absolute atomic E-state index is 2.47. The van der Waals surface area contributed by atoms with Crippen LogP contribution in [0.2, 0.25) is 0 Å². The number of rotatable bonds is 5. The maximum atomic E-state index is 2.47. The molecule has 0 unspecified atom stereocenters. The van der Waals surface area contributed by atoms with E-state index >= 15 is 0 Å². The summed E-state index contributed by atoms with van der Waals surface area (Å²) in [6.45, 7) is 0. The van der Waals surface area contributed by atoms with Crippen LogP contribution in [0.5, 0.6) is 0 Å². The summed E-state index contributed by atoms with van der Waals surface area (Å²) in [6.07, 6.45) is 0.964. The van der Waals surface area contributed by atoms with E-state index in [1.165, 1.54) is 105 Å². The van der Waals surface area contributed by atoms with Crippen LogP contribution in [-0.4, -0.2) is 9.13 Å². The molecule has 2 heterocycles. The quantitative estimate of drug-likeness (QED) is 0.167. The Morgan fingerprint density at radius 1 is 0.263 bits per heavy atom. The molecule has 2 nitrogen and oxygen atoms in total. The lowest BCUT2D eigenvalue weighted by Crippen LogP contribution is -1.95. The second kappa shape index (κ2) is 12.6. The van der Waals surface area contributed by atoms with Crippen molar-refractivity contribution in [3.8, 4) is 55.9 Å². The third-order valence-electron chi connectivity index (χ3n) is 12.1. The Balaban J connectivity index is 1.03. The van der Waals surface area contributed by atoms with Gasteiger partial charge in [0.1, 0.15) is 0 Å². The number of nitrogens with zero attached hydrogens (tertiary/aromatic N) is 2. The van der Waals surface area contributed by atoms with E-state index in [-0.39, 0.29) is 0 Å². The molecule has 0 spiro atoms. The van der Waals surface area contributed by atoms with E-state index in [9.17, 15) is 0 Å². The van der Waals surface area contributed by atoms with Crippen molar-refractivity contribution >= 4 is 43.6 Å². The Hall–Kier alpha value is -7.42. The van der Waals surface area contributed by atoms with Gasteiger partial charge < -0.3 is 9.13 Å². The fourth-order valence-electron chi connectivity index (χ4n) is 9.43. The van der Waals surface area contributed by atoms with Crippen molar-refractivity contribution in [2.75, 3.05) is 0 Å². The number of fused-ring (bicyclic) bond motifs is 9. The van der Waals surface area contributed by atoms with Gasteiger partial charge in [-0.15, -0.1) is 0 Å². The summed E-state index contributed by atoms with van der Waals surface area (Å²) in [4.78, 5) is 0. The Morgan fingerprint density at radius 3 is 1.54 bits per heavy atom. The summed E-state index contributed by atoms with van der Waals surface area (Å²) in [5.74, 6) is 0. The van der Waals surface area contributed by atoms with Crippen molar-refractivity contribution in [1.29, 1.82) is 0 Å². The smallest absolute Gasteiger partial charge is 0.0544 e. The minimum atomic E-state index is 0.964. The number of para-hydroxylation sites is 1. The molecule has 0 atom stereocenters. The second-order valence-electron chi connectivity index (χ2n) is 15.3. The Morgan fingerprint density at radius 2 is 0.789 bits per heavy atom. The van der Waals surface area contributed by atoms with E-state index < -0.39 is 0 Å². The molecule has 2 heteroatoms. The van der Waals surface area contributed by atoms with Crippen LogP contribution in [0.25, 0.3) is 99.5 Å². The molecule has 0 amide bonds. The monoisotopic (exact) mass is 724 g/mol.